The molecule has 0 atom stereocenters. The molecule has 3 aromatic rings. The fourth-order valence-electron chi connectivity index (χ4n) is 2.36. The summed E-state index contributed by atoms with van der Waals surface area (Å²) in [5.41, 5.74) is 3.53. The van der Waals surface area contributed by atoms with Crippen molar-refractivity contribution in [2.75, 3.05) is 7.11 Å². The standard InChI is InChI=1S/C19H17N3O4/c1-26-15-5-7-17(23)13(10-15)12-20-21-19(25)16-6-4-14(11-18(16)24)22-8-2-3-9-22/h2-12,23-24H,1H3,(H,21,25)/b20-12+. The predicted octanol–water partition coefficient (Wildman–Crippen LogP) is 2.66. The number of hydrogen-bond donors (Lipinski definition) is 3. The van der Waals surface area contributed by atoms with E-state index in [9.17, 15) is 15.0 Å². The molecule has 1 aromatic heterocycles. The SMILES string of the molecule is COc1ccc(O)c(/C=N/NC(=O)c2ccc(-n3cccc3)cc2O)c1. The molecule has 0 unspecified atom stereocenters. The molecule has 0 spiro atoms. The summed E-state index contributed by atoms with van der Waals surface area (Å²) in [5.74, 6) is -0.176. The summed E-state index contributed by atoms with van der Waals surface area (Å²) in [7, 11) is 1.51. The van der Waals surface area contributed by atoms with Crippen molar-refractivity contribution in [3.05, 3.63) is 72.1 Å². The van der Waals surface area contributed by atoms with Gasteiger partial charge in [-0.25, -0.2) is 5.43 Å². The van der Waals surface area contributed by atoms with Crippen LogP contribution in [0.25, 0.3) is 5.69 Å². The van der Waals surface area contributed by atoms with Crippen molar-refractivity contribution in [1.29, 1.82) is 0 Å². The number of benzene rings is 2. The molecule has 0 saturated carbocycles. The third-order valence-electron chi connectivity index (χ3n) is 3.73. The lowest BCUT2D eigenvalue weighted by Gasteiger charge is -2.07. The molecule has 7 heteroatoms. The predicted molar refractivity (Wildman–Crippen MR) is 97.2 cm³/mol. The number of nitrogens with one attached hydrogen (secondary N) is 1. The Labute approximate surface area is 149 Å². The minimum atomic E-state index is -0.569. The van der Waals surface area contributed by atoms with Gasteiger partial charge in [0.1, 0.15) is 17.2 Å². The topological polar surface area (TPSA) is 96.1 Å². The van der Waals surface area contributed by atoms with Gasteiger partial charge >= 0.3 is 0 Å². The molecule has 7 nitrogen and oxygen atoms in total. The molecule has 1 amide bonds. The number of hydrazone groups is 1. The van der Waals surface area contributed by atoms with E-state index in [0.717, 1.165) is 5.69 Å². The highest BCUT2D eigenvalue weighted by atomic mass is 16.5. The van der Waals surface area contributed by atoms with Gasteiger partial charge in [0.05, 0.1) is 18.9 Å². The number of phenols is 2. The molecule has 3 N–H and O–H groups in total. The molecule has 0 aliphatic carbocycles. The number of phenolic OH excluding ortho intramolecular Hbond substituents is 2. The largest absolute Gasteiger partial charge is 0.507 e. The summed E-state index contributed by atoms with van der Waals surface area (Å²) < 4.78 is 6.88. The van der Waals surface area contributed by atoms with Crippen molar-refractivity contribution in [3.63, 3.8) is 0 Å². The molecule has 2 aromatic carbocycles. The van der Waals surface area contributed by atoms with Crippen molar-refractivity contribution in [3.8, 4) is 22.9 Å². The average Bonchev–Trinajstić information content (AvgIpc) is 3.17. The Balaban J connectivity index is 1.72. The second kappa shape index (κ2) is 7.43. The van der Waals surface area contributed by atoms with Gasteiger partial charge in [-0.1, -0.05) is 0 Å². The van der Waals surface area contributed by atoms with Crippen LogP contribution in [0, 0.1) is 0 Å². The fraction of sp³-hybridized carbons (Fsp3) is 0.0526. The van der Waals surface area contributed by atoms with E-state index in [1.807, 2.05) is 29.1 Å². The number of rotatable bonds is 5. The van der Waals surface area contributed by atoms with Crippen LogP contribution >= 0.6 is 0 Å². The Hall–Kier alpha value is -3.74. The molecule has 26 heavy (non-hydrogen) atoms. The maximum absolute atomic E-state index is 12.2. The summed E-state index contributed by atoms with van der Waals surface area (Å²) in [6.07, 6.45) is 4.96. The van der Waals surface area contributed by atoms with Gasteiger partial charge in [-0.3, -0.25) is 4.79 Å². The van der Waals surface area contributed by atoms with E-state index in [0.29, 0.717) is 11.3 Å². The Morgan fingerprint density at radius 3 is 2.58 bits per heavy atom. The summed E-state index contributed by atoms with van der Waals surface area (Å²) in [6, 6.07) is 13.1. The van der Waals surface area contributed by atoms with E-state index in [2.05, 4.69) is 10.5 Å². The lowest BCUT2D eigenvalue weighted by molar-refractivity contribution is 0.0952. The lowest BCUT2D eigenvalue weighted by Crippen LogP contribution is -2.17. The zero-order chi connectivity index (χ0) is 18.5. The first-order valence-electron chi connectivity index (χ1n) is 7.75. The zero-order valence-corrected chi connectivity index (χ0v) is 14.0. The van der Waals surface area contributed by atoms with Crippen LogP contribution < -0.4 is 10.2 Å². The van der Waals surface area contributed by atoms with Gasteiger partial charge in [-0.2, -0.15) is 5.10 Å². The molecular weight excluding hydrogens is 334 g/mol. The van der Waals surface area contributed by atoms with Crippen molar-refractivity contribution in [2.45, 2.75) is 0 Å². The van der Waals surface area contributed by atoms with Crippen LogP contribution in [-0.4, -0.2) is 34.0 Å². The molecule has 3 rings (SSSR count). The summed E-state index contributed by atoms with van der Waals surface area (Å²) in [6.45, 7) is 0. The van der Waals surface area contributed by atoms with Crippen molar-refractivity contribution in [2.24, 2.45) is 5.10 Å². The van der Waals surface area contributed by atoms with E-state index < -0.39 is 5.91 Å². The van der Waals surface area contributed by atoms with Gasteiger partial charge < -0.3 is 19.5 Å². The minimum absolute atomic E-state index is 0.00252. The van der Waals surface area contributed by atoms with Crippen LogP contribution in [0.4, 0.5) is 0 Å². The molecule has 0 radical (unpaired) electrons. The van der Waals surface area contributed by atoms with Crippen LogP contribution in [0.5, 0.6) is 17.2 Å². The van der Waals surface area contributed by atoms with Crippen molar-refractivity contribution >= 4 is 12.1 Å². The highest BCUT2D eigenvalue weighted by Gasteiger charge is 2.11. The van der Waals surface area contributed by atoms with Crippen LogP contribution in [-0.2, 0) is 0 Å². The van der Waals surface area contributed by atoms with Crippen LogP contribution in [0.3, 0.4) is 0 Å². The van der Waals surface area contributed by atoms with E-state index in [4.69, 9.17) is 4.74 Å². The van der Waals surface area contributed by atoms with Crippen molar-refractivity contribution in [1.82, 2.24) is 9.99 Å². The molecule has 0 bridgehead atoms. The van der Waals surface area contributed by atoms with E-state index >= 15 is 0 Å². The number of carbonyl (C=O) groups excluding carboxylic acids is 1. The van der Waals surface area contributed by atoms with Crippen LogP contribution in [0.1, 0.15) is 15.9 Å². The Morgan fingerprint density at radius 2 is 1.88 bits per heavy atom. The maximum Gasteiger partial charge on any atom is 0.275 e. The zero-order valence-electron chi connectivity index (χ0n) is 14.0. The van der Waals surface area contributed by atoms with Gasteiger partial charge in [0.2, 0.25) is 0 Å². The van der Waals surface area contributed by atoms with Gasteiger partial charge in [-0.05, 0) is 42.5 Å². The molecule has 132 valence electrons. The number of aromatic hydroxyl groups is 2. The van der Waals surface area contributed by atoms with Gasteiger partial charge in [0.15, 0.2) is 0 Å². The molecule has 0 saturated heterocycles. The maximum atomic E-state index is 12.2. The third-order valence-corrected chi connectivity index (χ3v) is 3.73. The summed E-state index contributed by atoms with van der Waals surface area (Å²) in [5, 5.41) is 23.7. The average molecular weight is 351 g/mol. The normalized spacial score (nSPS) is 10.8. The lowest BCUT2D eigenvalue weighted by atomic mass is 10.1. The molecule has 1 heterocycles. The highest BCUT2D eigenvalue weighted by Crippen LogP contribution is 2.22. The van der Waals surface area contributed by atoms with Gasteiger partial charge in [-0.15, -0.1) is 0 Å². The molecule has 0 fully saturated rings. The Kier molecular flexibility index (Phi) is 4.89. The summed E-state index contributed by atoms with van der Waals surface area (Å²) in [4.78, 5) is 12.2. The molecule has 0 aliphatic heterocycles. The highest BCUT2D eigenvalue weighted by molar-refractivity contribution is 5.97. The minimum Gasteiger partial charge on any atom is -0.507 e. The Bertz CT molecular complexity index is 949. The Morgan fingerprint density at radius 1 is 1.12 bits per heavy atom. The number of carbonyl (C=O) groups is 1. The molecule has 0 aliphatic rings. The van der Waals surface area contributed by atoms with E-state index in [1.54, 1.807) is 18.2 Å². The first kappa shape index (κ1) is 17.1. The van der Waals surface area contributed by atoms with E-state index in [1.165, 1.54) is 31.5 Å². The number of ether oxygens (including phenoxy) is 1. The number of aromatic nitrogens is 1. The number of methoxy groups -OCH3 is 1. The van der Waals surface area contributed by atoms with Gasteiger partial charge in [0.25, 0.3) is 5.91 Å². The second-order valence-electron chi connectivity index (χ2n) is 5.42. The van der Waals surface area contributed by atoms with Crippen LogP contribution in [0.15, 0.2) is 66.0 Å². The quantitative estimate of drug-likeness (QED) is 0.486. The number of nitrogens with zero attached hydrogens (tertiary/aromatic N) is 2. The second-order valence-corrected chi connectivity index (χ2v) is 5.42. The first-order valence-corrected chi connectivity index (χ1v) is 7.75. The number of hydrogen-bond acceptors (Lipinski definition) is 5. The third kappa shape index (κ3) is 3.67. The molecular formula is C19H17N3O4. The van der Waals surface area contributed by atoms with Crippen LogP contribution in [0.2, 0.25) is 0 Å². The van der Waals surface area contributed by atoms with E-state index in [-0.39, 0.29) is 17.1 Å². The first-order chi connectivity index (χ1) is 12.6. The summed E-state index contributed by atoms with van der Waals surface area (Å²) >= 11 is 0. The number of amides is 1. The van der Waals surface area contributed by atoms with Crippen molar-refractivity contribution < 1.29 is 19.7 Å². The van der Waals surface area contributed by atoms with Gasteiger partial charge in [0, 0.05) is 29.7 Å². The smallest absolute Gasteiger partial charge is 0.275 e. The monoisotopic (exact) mass is 351 g/mol. The fourth-order valence-corrected chi connectivity index (χ4v) is 2.36.